The number of aryl methyl sites for hydroxylation is 1. The zero-order valence-electron chi connectivity index (χ0n) is 17.1. The van der Waals surface area contributed by atoms with Crippen molar-refractivity contribution in [2.24, 2.45) is 7.05 Å². The number of benzene rings is 1. The van der Waals surface area contributed by atoms with Gasteiger partial charge in [0.05, 0.1) is 23.5 Å². The van der Waals surface area contributed by atoms with Gasteiger partial charge in [-0.25, -0.2) is 4.79 Å². The van der Waals surface area contributed by atoms with E-state index in [0.717, 1.165) is 35.8 Å². The van der Waals surface area contributed by atoms with Crippen LogP contribution in [0.5, 0.6) is 0 Å². The van der Waals surface area contributed by atoms with E-state index < -0.39 is 23.7 Å². The number of hydrogen-bond acceptors (Lipinski definition) is 3. The number of carbonyl (C=O) groups is 2. The summed E-state index contributed by atoms with van der Waals surface area (Å²) in [5.74, 6) is -0.528. The van der Waals surface area contributed by atoms with Gasteiger partial charge >= 0.3 is 12.2 Å². The first-order valence-corrected chi connectivity index (χ1v) is 10.3. The Labute approximate surface area is 177 Å². The average molecular weight is 435 g/mol. The molecule has 0 spiro atoms. The van der Waals surface area contributed by atoms with E-state index in [9.17, 15) is 22.8 Å². The van der Waals surface area contributed by atoms with Gasteiger partial charge in [-0.3, -0.25) is 9.48 Å². The van der Waals surface area contributed by atoms with E-state index in [2.05, 4.69) is 10.4 Å². The number of carbonyl (C=O) groups excluding carboxylic acids is 2. The molecule has 2 atom stereocenters. The zero-order chi connectivity index (χ0) is 22.2. The summed E-state index contributed by atoms with van der Waals surface area (Å²) >= 11 is 0. The Morgan fingerprint density at radius 2 is 1.94 bits per heavy atom. The van der Waals surface area contributed by atoms with E-state index >= 15 is 0 Å². The summed E-state index contributed by atoms with van der Waals surface area (Å²) in [5.41, 5.74) is -0.109. The van der Waals surface area contributed by atoms with Crippen molar-refractivity contribution in [3.8, 4) is 0 Å². The molecule has 10 heteroatoms. The van der Waals surface area contributed by atoms with E-state index in [-0.39, 0.29) is 30.7 Å². The summed E-state index contributed by atoms with van der Waals surface area (Å²) in [5, 5.41) is 6.93. The summed E-state index contributed by atoms with van der Waals surface area (Å²) in [6.07, 6.45) is 1.91. The number of alkyl halides is 3. The van der Waals surface area contributed by atoms with Crippen molar-refractivity contribution in [1.82, 2.24) is 20.0 Å². The Hall–Kier alpha value is -3.04. The molecule has 7 nitrogen and oxygen atoms in total. The second kappa shape index (κ2) is 8.24. The fourth-order valence-corrected chi connectivity index (χ4v) is 4.37. The van der Waals surface area contributed by atoms with Gasteiger partial charge in [-0.2, -0.15) is 18.3 Å². The van der Waals surface area contributed by atoms with Crippen LogP contribution in [0.4, 0.5) is 23.7 Å². The van der Waals surface area contributed by atoms with E-state index in [0.29, 0.717) is 6.54 Å². The van der Waals surface area contributed by atoms with Crippen LogP contribution in [0.2, 0.25) is 0 Å². The molecule has 1 aromatic carbocycles. The minimum Gasteiger partial charge on any atom is -0.326 e. The Morgan fingerprint density at radius 3 is 2.65 bits per heavy atom. The lowest BCUT2D eigenvalue weighted by Crippen LogP contribution is -2.50. The molecule has 2 fully saturated rings. The monoisotopic (exact) mass is 435 g/mol. The van der Waals surface area contributed by atoms with Crippen LogP contribution in [0.3, 0.4) is 0 Å². The smallest absolute Gasteiger partial charge is 0.326 e. The number of aromatic nitrogens is 2. The normalized spacial score (nSPS) is 22.1. The van der Waals surface area contributed by atoms with Gasteiger partial charge in [0.1, 0.15) is 6.04 Å². The number of anilines is 1. The van der Waals surface area contributed by atoms with Crippen molar-refractivity contribution < 1.29 is 22.8 Å². The van der Waals surface area contributed by atoms with Gasteiger partial charge in [0, 0.05) is 31.9 Å². The van der Waals surface area contributed by atoms with Crippen molar-refractivity contribution in [3.63, 3.8) is 0 Å². The number of para-hydroxylation sites is 1. The number of halogens is 3. The van der Waals surface area contributed by atoms with Gasteiger partial charge in [-0.05, 0) is 37.8 Å². The molecule has 1 aromatic heterocycles. The molecule has 2 unspecified atom stereocenters. The van der Waals surface area contributed by atoms with E-state index in [4.69, 9.17) is 0 Å². The highest BCUT2D eigenvalue weighted by atomic mass is 19.4. The summed E-state index contributed by atoms with van der Waals surface area (Å²) in [4.78, 5) is 28.7. The molecule has 0 radical (unpaired) electrons. The third-order valence-electron chi connectivity index (χ3n) is 5.88. The fraction of sp³-hybridized carbons (Fsp3) is 0.476. The van der Waals surface area contributed by atoms with Crippen molar-refractivity contribution in [2.45, 2.75) is 43.9 Å². The van der Waals surface area contributed by atoms with Gasteiger partial charge in [-0.1, -0.05) is 12.1 Å². The predicted molar refractivity (Wildman–Crippen MR) is 107 cm³/mol. The van der Waals surface area contributed by atoms with Crippen LogP contribution in [-0.4, -0.2) is 45.8 Å². The molecule has 2 saturated heterocycles. The molecule has 0 saturated carbocycles. The standard InChI is InChI=1S/C21H24F3N5O2/c1-27-13-14(12-25-27)17-7-4-5-10-29(17)20(31)26-16-9-11-28(19(16)30)18-8-3-2-6-15(18)21(22,23)24/h2-3,6,8,12-13,16-17H,4-5,7,9-11H2,1H3,(H,26,31). The van der Waals surface area contributed by atoms with E-state index in [1.807, 2.05) is 6.20 Å². The molecule has 3 amide bonds. The first-order valence-electron chi connectivity index (χ1n) is 10.3. The number of nitrogens with zero attached hydrogens (tertiary/aromatic N) is 4. The molecule has 166 valence electrons. The second-order valence-corrected chi connectivity index (χ2v) is 7.95. The zero-order valence-corrected chi connectivity index (χ0v) is 17.1. The minimum absolute atomic E-state index is 0.114. The largest absolute Gasteiger partial charge is 0.418 e. The fourth-order valence-electron chi connectivity index (χ4n) is 4.37. The number of hydrogen-bond donors (Lipinski definition) is 1. The van der Waals surface area contributed by atoms with Gasteiger partial charge in [0.15, 0.2) is 0 Å². The molecule has 3 heterocycles. The highest BCUT2D eigenvalue weighted by molar-refractivity contribution is 6.01. The van der Waals surface area contributed by atoms with Crippen molar-refractivity contribution in [1.29, 1.82) is 0 Å². The quantitative estimate of drug-likeness (QED) is 0.803. The Bertz CT molecular complexity index is 974. The molecule has 2 aromatic rings. The van der Waals surface area contributed by atoms with Gasteiger partial charge < -0.3 is 15.1 Å². The van der Waals surface area contributed by atoms with Crippen LogP contribution in [0.1, 0.15) is 42.9 Å². The highest BCUT2D eigenvalue weighted by Crippen LogP contribution is 2.38. The van der Waals surface area contributed by atoms with Crippen molar-refractivity contribution in [3.05, 3.63) is 47.8 Å². The Morgan fingerprint density at radius 1 is 1.16 bits per heavy atom. The third-order valence-corrected chi connectivity index (χ3v) is 5.88. The van der Waals surface area contributed by atoms with Crippen LogP contribution in [0.25, 0.3) is 0 Å². The predicted octanol–water partition coefficient (Wildman–Crippen LogP) is 3.48. The molecule has 2 aliphatic rings. The van der Waals surface area contributed by atoms with Crippen LogP contribution >= 0.6 is 0 Å². The maximum atomic E-state index is 13.4. The molecule has 0 aliphatic carbocycles. The molecule has 4 rings (SSSR count). The third kappa shape index (κ3) is 4.24. The summed E-state index contributed by atoms with van der Waals surface area (Å²) < 4.78 is 41.8. The average Bonchev–Trinajstić information content (AvgIpc) is 3.33. The van der Waals surface area contributed by atoms with E-state index in [1.165, 1.54) is 18.2 Å². The van der Waals surface area contributed by atoms with Crippen LogP contribution < -0.4 is 10.2 Å². The molecular formula is C21H24F3N5O2. The van der Waals surface area contributed by atoms with Crippen molar-refractivity contribution in [2.75, 3.05) is 18.0 Å². The number of urea groups is 1. The summed E-state index contributed by atoms with van der Waals surface area (Å²) in [6.45, 7) is 0.663. The Kier molecular flexibility index (Phi) is 5.63. The maximum absolute atomic E-state index is 13.4. The topological polar surface area (TPSA) is 70.5 Å². The SMILES string of the molecule is Cn1cc(C2CCCCN2C(=O)NC2CCN(c3ccccc3C(F)(F)F)C2=O)cn1. The van der Waals surface area contributed by atoms with E-state index in [1.54, 1.807) is 22.8 Å². The lowest BCUT2D eigenvalue weighted by molar-refractivity contribution is -0.137. The molecular weight excluding hydrogens is 411 g/mol. The number of rotatable bonds is 3. The minimum atomic E-state index is -4.57. The molecule has 0 bridgehead atoms. The van der Waals surface area contributed by atoms with Crippen LogP contribution in [0.15, 0.2) is 36.7 Å². The molecule has 31 heavy (non-hydrogen) atoms. The van der Waals surface area contributed by atoms with Crippen LogP contribution in [-0.2, 0) is 18.0 Å². The summed E-state index contributed by atoms with van der Waals surface area (Å²) in [6, 6.07) is 3.63. The number of piperidine rings is 1. The van der Waals surface area contributed by atoms with Gasteiger partial charge in [0.25, 0.3) is 0 Å². The first-order chi connectivity index (χ1) is 14.8. The summed E-state index contributed by atoms with van der Waals surface area (Å²) in [7, 11) is 1.81. The van der Waals surface area contributed by atoms with Gasteiger partial charge in [0.2, 0.25) is 5.91 Å². The first kappa shape index (κ1) is 21.2. The lowest BCUT2D eigenvalue weighted by Gasteiger charge is -2.35. The maximum Gasteiger partial charge on any atom is 0.418 e. The lowest BCUT2D eigenvalue weighted by atomic mass is 9.98. The number of amides is 3. The Balaban J connectivity index is 1.48. The highest BCUT2D eigenvalue weighted by Gasteiger charge is 2.41. The number of nitrogens with one attached hydrogen (secondary N) is 1. The second-order valence-electron chi connectivity index (χ2n) is 7.95. The van der Waals surface area contributed by atoms with Gasteiger partial charge in [-0.15, -0.1) is 0 Å². The van der Waals surface area contributed by atoms with Crippen LogP contribution in [0, 0.1) is 0 Å². The molecule has 2 aliphatic heterocycles. The molecule has 1 N–H and O–H groups in total. The number of likely N-dealkylation sites (tertiary alicyclic amines) is 1. The van der Waals surface area contributed by atoms with Crippen molar-refractivity contribution >= 4 is 17.6 Å².